The Bertz CT molecular complexity index is 614. The standard InChI is InChI=1S/C14H14ClN3O/c1-9-7-12(10(2)17-9)8-16-18-14(19)11-3-5-13(15)6-4-11/h3-8,17H,1-2H3,(H,18,19)/b16-8+. The molecule has 5 heteroatoms. The third-order valence-electron chi connectivity index (χ3n) is 2.67. The Kier molecular flexibility index (Phi) is 4.02. The van der Waals surface area contributed by atoms with E-state index in [2.05, 4.69) is 15.5 Å². The van der Waals surface area contributed by atoms with Gasteiger partial charge in [-0.05, 0) is 44.2 Å². The summed E-state index contributed by atoms with van der Waals surface area (Å²) in [5.41, 5.74) is 6.02. The minimum Gasteiger partial charge on any atom is -0.362 e. The first-order valence-electron chi connectivity index (χ1n) is 5.81. The van der Waals surface area contributed by atoms with E-state index in [1.165, 1.54) is 0 Å². The average Bonchev–Trinajstić information content (AvgIpc) is 2.68. The van der Waals surface area contributed by atoms with Crippen molar-refractivity contribution >= 4 is 23.7 Å². The van der Waals surface area contributed by atoms with Gasteiger partial charge in [0.25, 0.3) is 5.91 Å². The van der Waals surface area contributed by atoms with Crippen LogP contribution >= 0.6 is 11.6 Å². The Hall–Kier alpha value is -2.07. The molecule has 0 aliphatic rings. The van der Waals surface area contributed by atoms with Crippen molar-refractivity contribution < 1.29 is 4.79 Å². The topological polar surface area (TPSA) is 57.2 Å². The summed E-state index contributed by atoms with van der Waals surface area (Å²) in [6.07, 6.45) is 1.62. The summed E-state index contributed by atoms with van der Waals surface area (Å²) in [4.78, 5) is 14.9. The number of aromatic nitrogens is 1. The van der Waals surface area contributed by atoms with Gasteiger partial charge in [0, 0.05) is 27.5 Å². The summed E-state index contributed by atoms with van der Waals surface area (Å²) < 4.78 is 0. The molecule has 0 saturated heterocycles. The number of benzene rings is 1. The van der Waals surface area contributed by atoms with Crippen molar-refractivity contribution in [3.05, 3.63) is 57.9 Å². The SMILES string of the molecule is Cc1cc(/C=N/NC(=O)c2ccc(Cl)cc2)c(C)[nH]1. The molecule has 0 aliphatic carbocycles. The zero-order valence-corrected chi connectivity index (χ0v) is 11.5. The van der Waals surface area contributed by atoms with E-state index in [0.717, 1.165) is 17.0 Å². The summed E-state index contributed by atoms with van der Waals surface area (Å²) >= 11 is 5.76. The fourth-order valence-corrected chi connectivity index (χ4v) is 1.83. The van der Waals surface area contributed by atoms with Crippen molar-refractivity contribution in [2.45, 2.75) is 13.8 Å². The zero-order chi connectivity index (χ0) is 13.8. The number of halogens is 1. The van der Waals surface area contributed by atoms with Crippen molar-refractivity contribution in [1.82, 2.24) is 10.4 Å². The highest BCUT2D eigenvalue weighted by atomic mass is 35.5. The lowest BCUT2D eigenvalue weighted by Gasteiger charge is -1.99. The number of H-pyrrole nitrogens is 1. The number of hydrazone groups is 1. The quantitative estimate of drug-likeness (QED) is 0.656. The average molecular weight is 276 g/mol. The highest BCUT2D eigenvalue weighted by molar-refractivity contribution is 6.30. The summed E-state index contributed by atoms with van der Waals surface area (Å²) in [5.74, 6) is -0.266. The maximum Gasteiger partial charge on any atom is 0.271 e. The van der Waals surface area contributed by atoms with Crippen molar-refractivity contribution in [1.29, 1.82) is 0 Å². The van der Waals surface area contributed by atoms with Crippen LogP contribution in [0.1, 0.15) is 27.3 Å². The fraction of sp³-hybridized carbons (Fsp3) is 0.143. The third kappa shape index (κ3) is 3.45. The molecular weight excluding hydrogens is 262 g/mol. The minimum absolute atomic E-state index is 0.266. The molecule has 98 valence electrons. The van der Waals surface area contributed by atoms with E-state index >= 15 is 0 Å². The van der Waals surface area contributed by atoms with Crippen LogP contribution in [0.15, 0.2) is 35.4 Å². The van der Waals surface area contributed by atoms with Gasteiger partial charge in [0.1, 0.15) is 0 Å². The van der Waals surface area contributed by atoms with Crippen LogP contribution in [0, 0.1) is 13.8 Å². The van der Waals surface area contributed by atoms with Gasteiger partial charge in [0.15, 0.2) is 0 Å². The minimum atomic E-state index is -0.266. The normalized spacial score (nSPS) is 10.9. The Morgan fingerprint density at radius 1 is 1.32 bits per heavy atom. The van der Waals surface area contributed by atoms with Crippen LogP contribution < -0.4 is 5.43 Å². The lowest BCUT2D eigenvalue weighted by atomic mass is 10.2. The lowest BCUT2D eigenvalue weighted by Crippen LogP contribution is -2.17. The van der Waals surface area contributed by atoms with E-state index in [0.29, 0.717) is 10.6 Å². The molecule has 2 N–H and O–H groups in total. The van der Waals surface area contributed by atoms with E-state index in [1.54, 1.807) is 30.5 Å². The van der Waals surface area contributed by atoms with Gasteiger partial charge in [0.2, 0.25) is 0 Å². The van der Waals surface area contributed by atoms with Crippen molar-refractivity contribution in [2.75, 3.05) is 0 Å². The number of carbonyl (C=O) groups is 1. The molecule has 1 aromatic heterocycles. The van der Waals surface area contributed by atoms with Crippen LogP contribution in [0.3, 0.4) is 0 Å². The van der Waals surface area contributed by atoms with Gasteiger partial charge in [-0.25, -0.2) is 5.43 Å². The molecule has 0 aliphatic heterocycles. The number of nitrogens with one attached hydrogen (secondary N) is 2. The highest BCUT2D eigenvalue weighted by Gasteiger charge is 2.03. The summed E-state index contributed by atoms with van der Waals surface area (Å²) in [7, 11) is 0. The first kappa shape index (κ1) is 13.4. The number of amides is 1. The number of hydrogen-bond donors (Lipinski definition) is 2. The second-order valence-electron chi connectivity index (χ2n) is 4.24. The van der Waals surface area contributed by atoms with Gasteiger partial charge in [-0.3, -0.25) is 4.79 Å². The monoisotopic (exact) mass is 275 g/mol. The van der Waals surface area contributed by atoms with Gasteiger partial charge < -0.3 is 4.98 Å². The van der Waals surface area contributed by atoms with Crippen molar-refractivity contribution in [3.8, 4) is 0 Å². The maximum absolute atomic E-state index is 11.8. The predicted octanol–water partition coefficient (Wildman–Crippen LogP) is 3.05. The molecule has 0 unspecified atom stereocenters. The largest absolute Gasteiger partial charge is 0.362 e. The number of carbonyl (C=O) groups excluding carboxylic acids is 1. The van der Waals surface area contributed by atoms with Crippen LogP contribution in [0.25, 0.3) is 0 Å². The lowest BCUT2D eigenvalue weighted by molar-refractivity contribution is 0.0955. The third-order valence-corrected chi connectivity index (χ3v) is 2.92. The second-order valence-corrected chi connectivity index (χ2v) is 4.68. The molecule has 0 atom stereocenters. The van der Waals surface area contributed by atoms with Crippen molar-refractivity contribution in [2.24, 2.45) is 5.10 Å². The highest BCUT2D eigenvalue weighted by Crippen LogP contribution is 2.09. The van der Waals surface area contributed by atoms with Crippen LogP contribution in [0.4, 0.5) is 0 Å². The molecule has 0 radical (unpaired) electrons. The Labute approximate surface area is 116 Å². The van der Waals surface area contributed by atoms with Gasteiger partial charge in [0.05, 0.1) is 6.21 Å². The number of aryl methyl sites for hydroxylation is 2. The van der Waals surface area contributed by atoms with E-state index in [9.17, 15) is 4.79 Å². The van der Waals surface area contributed by atoms with Crippen LogP contribution in [0.2, 0.25) is 5.02 Å². The molecule has 2 aromatic rings. The maximum atomic E-state index is 11.8. The van der Waals surface area contributed by atoms with Crippen molar-refractivity contribution in [3.63, 3.8) is 0 Å². The van der Waals surface area contributed by atoms with E-state index in [1.807, 2.05) is 19.9 Å². The molecule has 2 rings (SSSR count). The first-order chi connectivity index (χ1) is 9.06. The summed E-state index contributed by atoms with van der Waals surface area (Å²) in [6.45, 7) is 3.92. The van der Waals surface area contributed by atoms with E-state index in [4.69, 9.17) is 11.6 Å². The molecule has 0 fully saturated rings. The second kappa shape index (κ2) is 5.71. The van der Waals surface area contributed by atoms with E-state index < -0.39 is 0 Å². The molecule has 1 heterocycles. The number of aromatic amines is 1. The van der Waals surface area contributed by atoms with Crippen LogP contribution in [-0.4, -0.2) is 17.1 Å². The molecule has 0 spiro atoms. The number of hydrogen-bond acceptors (Lipinski definition) is 2. The van der Waals surface area contributed by atoms with Gasteiger partial charge in [-0.15, -0.1) is 0 Å². The summed E-state index contributed by atoms with van der Waals surface area (Å²) in [6, 6.07) is 8.60. The van der Waals surface area contributed by atoms with Gasteiger partial charge in [-0.2, -0.15) is 5.10 Å². The smallest absolute Gasteiger partial charge is 0.271 e. The predicted molar refractivity (Wildman–Crippen MR) is 76.8 cm³/mol. The molecule has 4 nitrogen and oxygen atoms in total. The molecule has 0 bridgehead atoms. The molecular formula is C14H14ClN3O. The molecule has 19 heavy (non-hydrogen) atoms. The Balaban J connectivity index is 2.00. The summed E-state index contributed by atoms with van der Waals surface area (Å²) in [5, 5.41) is 4.53. The first-order valence-corrected chi connectivity index (χ1v) is 6.19. The van der Waals surface area contributed by atoms with Gasteiger partial charge >= 0.3 is 0 Å². The molecule has 1 aromatic carbocycles. The fourth-order valence-electron chi connectivity index (χ4n) is 1.71. The van der Waals surface area contributed by atoms with Crippen LogP contribution in [0.5, 0.6) is 0 Å². The molecule has 0 saturated carbocycles. The number of nitrogens with zero attached hydrogens (tertiary/aromatic N) is 1. The number of rotatable bonds is 3. The van der Waals surface area contributed by atoms with Crippen LogP contribution in [-0.2, 0) is 0 Å². The van der Waals surface area contributed by atoms with E-state index in [-0.39, 0.29) is 5.91 Å². The Morgan fingerprint density at radius 3 is 2.58 bits per heavy atom. The van der Waals surface area contributed by atoms with Gasteiger partial charge in [-0.1, -0.05) is 11.6 Å². The zero-order valence-electron chi connectivity index (χ0n) is 10.7. The molecule has 1 amide bonds. The Morgan fingerprint density at radius 2 is 2.00 bits per heavy atom.